The van der Waals surface area contributed by atoms with E-state index in [0.717, 1.165) is 30.8 Å². The van der Waals surface area contributed by atoms with Crippen LogP contribution in [0.25, 0.3) is 6.08 Å². The molecule has 0 aromatic heterocycles. The molecule has 1 aliphatic rings. The molecule has 0 aliphatic carbocycles. The Balaban J connectivity index is 1.95. The molecule has 104 valence electrons. The molecule has 0 amide bonds. The number of hydrogen-bond acceptors (Lipinski definition) is 3. The lowest BCUT2D eigenvalue weighted by Gasteiger charge is -2.33. The highest BCUT2D eigenvalue weighted by atomic mass is 16.5. The lowest BCUT2D eigenvalue weighted by molar-refractivity contribution is 0.101. The summed E-state index contributed by atoms with van der Waals surface area (Å²) in [5.41, 5.74) is 1.10. The van der Waals surface area contributed by atoms with E-state index in [4.69, 9.17) is 4.74 Å². The van der Waals surface area contributed by atoms with Crippen LogP contribution in [0.4, 0.5) is 0 Å². The van der Waals surface area contributed by atoms with E-state index in [0.29, 0.717) is 6.04 Å². The second-order valence-electron chi connectivity index (χ2n) is 4.97. The van der Waals surface area contributed by atoms with Crippen molar-refractivity contribution in [3.05, 3.63) is 35.9 Å². The topological polar surface area (TPSA) is 32.7 Å². The molecule has 1 heterocycles. The summed E-state index contributed by atoms with van der Waals surface area (Å²) in [5.74, 6) is 0.899. The fraction of sp³-hybridized carbons (Fsp3) is 0.500. The third-order valence-electron chi connectivity index (χ3n) is 3.74. The Kier molecular flexibility index (Phi) is 5.43. The predicted molar refractivity (Wildman–Crippen MR) is 78.3 cm³/mol. The minimum atomic E-state index is 0.266. The van der Waals surface area contributed by atoms with Crippen LogP contribution in [0.5, 0.6) is 5.75 Å². The van der Waals surface area contributed by atoms with Gasteiger partial charge in [-0.05, 0) is 25.5 Å². The van der Waals surface area contributed by atoms with Crippen LogP contribution >= 0.6 is 0 Å². The largest absolute Gasteiger partial charge is 0.496 e. The number of methoxy groups -OCH3 is 1. The Morgan fingerprint density at radius 1 is 1.37 bits per heavy atom. The Morgan fingerprint density at radius 2 is 2.21 bits per heavy atom. The van der Waals surface area contributed by atoms with E-state index in [9.17, 15) is 5.11 Å². The lowest BCUT2D eigenvalue weighted by Crippen LogP contribution is -2.41. The smallest absolute Gasteiger partial charge is 0.126 e. The van der Waals surface area contributed by atoms with Gasteiger partial charge < -0.3 is 9.84 Å². The molecule has 19 heavy (non-hydrogen) atoms. The standard InChI is InChI=1S/C16H23NO2/c1-19-16-10-3-2-7-14(16)8-6-12-17-11-5-4-9-15(17)13-18/h2-3,6-8,10,15,18H,4-5,9,11-13H2,1H3/b8-6+/t15-/m1/s1. The van der Waals surface area contributed by atoms with Gasteiger partial charge >= 0.3 is 0 Å². The molecule has 3 heteroatoms. The zero-order valence-corrected chi connectivity index (χ0v) is 11.6. The average molecular weight is 261 g/mol. The highest BCUT2D eigenvalue weighted by Crippen LogP contribution is 2.20. The molecule has 0 spiro atoms. The van der Waals surface area contributed by atoms with Gasteiger partial charge in [0.05, 0.1) is 13.7 Å². The van der Waals surface area contributed by atoms with Crippen LogP contribution in [0, 0.1) is 0 Å². The molecule has 1 aliphatic heterocycles. The zero-order valence-electron chi connectivity index (χ0n) is 11.6. The third-order valence-corrected chi connectivity index (χ3v) is 3.74. The first-order valence-corrected chi connectivity index (χ1v) is 6.99. The van der Waals surface area contributed by atoms with Crippen LogP contribution in [-0.4, -0.2) is 42.9 Å². The fourth-order valence-electron chi connectivity index (χ4n) is 2.63. The molecule has 1 N–H and O–H groups in total. The fourth-order valence-corrected chi connectivity index (χ4v) is 2.63. The summed E-state index contributed by atoms with van der Waals surface area (Å²) in [7, 11) is 1.69. The van der Waals surface area contributed by atoms with Gasteiger partial charge in [-0.25, -0.2) is 0 Å². The van der Waals surface area contributed by atoms with Gasteiger partial charge in [-0.3, -0.25) is 4.90 Å². The van der Waals surface area contributed by atoms with Gasteiger partial charge in [0.1, 0.15) is 5.75 Å². The molecule has 1 aromatic carbocycles. The van der Waals surface area contributed by atoms with Crippen molar-refractivity contribution in [2.45, 2.75) is 25.3 Å². The molecule has 0 bridgehead atoms. The number of hydrogen-bond donors (Lipinski definition) is 1. The summed E-state index contributed by atoms with van der Waals surface area (Å²) in [6, 6.07) is 8.34. The van der Waals surface area contributed by atoms with Crippen LogP contribution in [-0.2, 0) is 0 Å². The maximum Gasteiger partial charge on any atom is 0.126 e. The van der Waals surface area contributed by atoms with Crippen molar-refractivity contribution in [1.29, 1.82) is 0 Å². The first-order valence-electron chi connectivity index (χ1n) is 6.99. The van der Waals surface area contributed by atoms with Crippen molar-refractivity contribution in [3.8, 4) is 5.75 Å². The number of aliphatic hydroxyl groups is 1. The molecule has 0 saturated carbocycles. The summed E-state index contributed by atoms with van der Waals surface area (Å²) in [5, 5.41) is 9.37. The second-order valence-corrected chi connectivity index (χ2v) is 4.97. The van der Waals surface area contributed by atoms with Gasteiger partial charge in [0.25, 0.3) is 0 Å². The van der Waals surface area contributed by atoms with E-state index in [-0.39, 0.29) is 6.61 Å². The molecule has 2 rings (SSSR count). The van der Waals surface area contributed by atoms with E-state index in [2.05, 4.69) is 23.1 Å². The van der Waals surface area contributed by atoms with Gasteiger partial charge in [-0.1, -0.05) is 36.8 Å². The summed E-state index contributed by atoms with van der Waals surface area (Å²) in [6.45, 7) is 2.24. The minimum absolute atomic E-state index is 0.266. The van der Waals surface area contributed by atoms with Gasteiger partial charge in [0.2, 0.25) is 0 Å². The SMILES string of the molecule is COc1ccccc1/C=C/CN1CCCC[C@@H]1CO. The molecule has 1 atom stereocenters. The van der Waals surface area contributed by atoms with Crippen LogP contribution in [0.2, 0.25) is 0 Å². The first-order chi connectivity index (χ1) is 9.35. The molecule has 1 aromatic rings. The first kappa shape index (κ1) is 14.1. The van der Waals surface area contributed by atoms with E-state index in [1.54, 1.807) is 7.11 Å². The minimum Gasteiger partial charge on any atom is -0.496 e. The van der Waals surface area contributed by atoms with Gasteiger partial charge in [-0.2, -0.15) is 0 Å². The quantitative estimate of drug-likeness (QED) is 0.884. The number of likely N-dealkylation sites (tertiary alicyclic amines) is 1. The van der Waals surface area contributed by atoms with Crippen LogP contribution in [0.3, 0.4) is 0 Å². The van der Waals surface area contributed by atoms with Crippen molar-refractivity contribution < 1.29 is 9.84 Å². The van der Waals surface area contributed by atoms with Crippen LogP contribution in [0.15, 0.2) is 30.3 Å². The third kappa shape index (κ3) is 3.82. The molecule has 1 fully saturated rings. The van der Waals surface area contributed by atoms with Gasteiger partial charge in [-0.15, -0.1) is 0 Å². The molecule has 0 unspecified atom stereocenters. The monoisotopic (exact) mass is 261 g/mol. The van der Waals surface area contributed by atoms with Crippen molar-refractivity contribution >= 4 is 6.08 Å². The zero-order chi connectivity index (χ0) is 13.5. The Morgan fingerprint density at radius 3 is 3.00 bits per heavy atom. The van der Waals surface area contributed by atoms with Crippen LogP contribution in [0.1, 0.15) is 24.8 Å². The average Bonchev–Trinajstić information content (AvgIpc) is 2.48. The Bertz CT molecular complexity index is 417. The summed E-state index contributed by atoms with van der Waals surface area (Å²) >= 11 is 0. The summed E-state index contributed by atoms with van der Waals surface area (Å²) < 4.78 is 5.33. The van der Waals surface area contributed by atoms with Gasteiger partial charge in [0, 0.05) is 18.2 Å². The van der Waals surface area contributed by atoms with Crippen molar-refractivity contribution in [3.63, 3.8) is 0 Å². The van der Waals surface area contributed by atoms with Crippen molar-refractivity contribution in [1.82, 2.24) is 4.90 Å². The second kappa shape index (κ2) is 7.31. The summed E-state index contributed by atoms with van der Waals surface area (Å²) in [6.07, 6.45) is 7.84. The van der Waals surface area contributed by atoms with E-state index in [1.165, 1.54) is 12.8 Å². The van der Waals surface area contributed by atoms with E-state index >= 15 is 0 Å². The number of nitrogens with zero attached hydrogens (tertiary/aromatic N) is 1. The number of piperidine rings is 1. The number of ether oxygens (including phenoxy) is 1. The molecule has 0 radical (unpaired) electrons. The number of aliphatic hydroxyl groups excluding tert-OH is 1. The molecule has 1 saturated heterocycles. The van der Waals surface area contributed by atoms with Crippen LogP contribution < -0.4 is 4.74 Å². The molecular formula is C16H23NO2. The maximum atomic E-state index is 9.37. The molecular weight excluding hydrogens is 238 g/mol. The van der Waals surface area contributed by atoms with Crippen molar-refractivity contribution in [2.24, 2.45) is 0 Å². The predicted octanol–water partition coefficient (Wildman–Crippen LogP) is 2.56. The number of benzene rings is 1. The molecule has 3 nitrogen and oxygen atoms in total. The van der Waals surface area contributed by atoms with E-state index < -0.39 is 0 Å². The Labute approximate surface area is 115 Å². The van der Waals surface area contributed by atoms with Gasteiger partial charge in [0.15, 0.2) is 0 Å². The Hall–Kier alpha value is -1.32. The van der Waals surface area contributed by atoms with Crippen molar-refractivity contribution in [2.75, 3.05) is 26.8 Å². The number of rotatable bonds is 5. The lowest BCUT2D eigenvalue weighted by atomic mass is 10.0. The normalized spacial score (nSPS) is 20.8. The van der Waals surface area contributed by atoms with E-state index in [1.807, 2.05) is 18.2 Å². The number of para-hydroxylation sites is 1. The maximum absolute atomic E-state index is 9.37. The highest BCUT2D eigenvalue weighted by molar-refractivity contribution is 5.57. The summed E-state index contributed by atoms with van der Waals surface area (Å²) in [4.78, 5) is 2.36. The highest BCUT2D eigenvalue weighted by Gasteiger charge is 2.19.